The molecule has 0 saturated carbocycles. The third-order valence-electron chi connectivity index (χ3n) is 4.75. The van der Waals surface area contributed by atoms with E-state index < -0.39 is 8.07 Å². The molecular weight excluding hydrogens is 234 g/mol. The van der Waals surface area contributed by atoms with Crippen LogP contribution in [-0.4, -0.2) is 32.6 Å². The summed E-state index contributed by atoms with van der Waals surface area (Å²) in [4.78, 5) is 2.74. The van der Waals surface area contributed by atoms with Gasteiger partial charge in [0.25, 0.3) is 0 Å². The summed E-state index contributed by atoms with van der Waals surface area (Å²) in [5.41, 5.74) is 0. The molecule has 1 heterocycles. The fraction of sp³-hybridized carbons (Fsp3) is 1.00. The molecule has 2 heteroatoms. The third kappa shape index (κ3) is 6.37. The maximum atomic E-state index is 2.74. The lowest BCUT2D eigenvalue weighted by atomic mass is 10.1. The third-order valence-corrected chi connectivity index (χ3v) is 9.30. The fourth-order valence-corrected chi connectivity index (χ4v) is 7.21. The normalized spacial score (nSPS) is 18.2. The van der Waals surface area contributed by atoms with Crippen molar-refractivity contribution in [2.45, 2.75) is 83.5 Å². The van der Waals surface area contributed by atoms with Crippen molar-refractivity contribution in [1.82, 2.24) is 4.90 Å². The number of unbranched alkanes of at least 4 members (excludes halogenated alkanes) is 2. The van der Waals surface area contributed by atoms with Gasteiger partial charge in [0.2, 0.25) is 0 Å². The largest absolute Gasteiger partial charge is 0.304 e. The Morgan fingerprint density at radius 3 is 1.89 bits per heavy atom. The van der Waals surface area contributed by atoms with E-state index in [0.29, 0.717) is 0 Å². The second-order valence-electron chi connectivity index (χ2n) is 6.67. The van der Waals surface area contributed by atoms with Gasteiger partial charge < -0.3 is 4.90 Å². The lowest BCUT2D eigenvalue weighted by Crippen LogP contribution is -2.38. The number of hydrogen-bond acceptors (Lipinski definition) is 1. The van der Waals surface area contributed by atoms with E-state index in [2.05, 4.69) is 25.3 Å². The molecule has 0 atom stereocenters. The fourth-order valence-electron chi connectivity index (χ4n) is 3.19. The van der Waals surface area contributed by atoms with E-state index in [1.54, 1.807) is 18.1 Å². The average molecular weight is 270 g/mol. The molecule has 1 fully saturated rings. The molecule has 0 aromatic carbocycles. The topological polar surface area (TPSA) is 3.24 Å². The minimum Gasteiger partial charge on any atom is -0.304 e. The second kappa shape index (κ2) is 9.14. The molecule has 0 bridgehead atoms. The molecule has 0 radical (unpaired) electrons. The Bertz CT molecular complexity index is 191. The monoisotopic (exact) mass is 269 g/mol. The summed E-state index contributed by atoms with van der Waals surface area (Å²) in [6.45, 7) is 11.6. The summed E-state index contributed by atoms with van der Waals surface area (Å²) in [5, 5.41) is 0. The van der Waals surface area contributed by atoms with Crippen molar-refractivity contribution in [2.75, 3.05) is 19.6 Å². The van der Waals surface area contributed by atoms with Gasteiger partial charge in [0.15, 0.2) is 0 Å². The Labute approximate surface area is 116 Å². The van der Waals surface area contributed by atoms with Crippen molar-refractivity contribution in [3.63, 3.8) is 0 Å². The smallest absolute Gasteiger partial charge is 0.0517 e. The molecule has 0 N–H and O–H groups in total. The summed E-state index contributed by atoms with van der Waals surface area (Å²) >= 11 is 0. The van der Waals surface area contributed by atoms with E-state index >= 15 is 0 Å². The quantitative estimate of drug-likeness (QED) is 0.523. The Hall–Kier alpha value is 0.177. The van der Waals surface area contributed by atoms with E-state index in [4.69, 9.17) is 0 Å². The second-order valence-corrected chi connectivity index (χ2v) is 11.8. The first-order chi connectivity index (χ1) is 8.70. The van der Waals surface area contributed by atoms with Crippen molar-refractivity contribution in [3.8, 4) is 0 Å². The van der Waals surface area contributed by atoms with Gasteiger partial charge in [-0.25, -0.2) is 0 Å². The summed E-state index contributed by atoms with van der Waals surface area (Å²) < 4.78 is 0. The number of nitrogens with zero attached hydrogens (tertiary/aromatic N) is 1. The van der Waals surface area contributed by atoms with Crippen LogP contribution in [0.3, 0.4) is 0 Å². The zero-order chi connectivity index (χ0) is 13.3. The van der Waals surface area contributed by atoms with Crippen LogP contribution in [0.5, 0.6) is 0 Å². The van der Waals surface area contributed by atoms with Gasteiger partial charge >= 0.3 is 0 Å². The molecule has 1 rings (SSSR count). The van der Waals surface area contributed by atoms with E-state index in [1.807, 2.05) is 0 Å². The first-order valence-electron chi connectivity index (χ1n) is 8.42. The predicted octanol–water partition coefficient (Wildman–Crippen LogP) is 5.15. The lowest BCUT2D eigenvalue weighted by molar-refractivity contribution is 0.239. The van der Waals surface area contributed by atoms with Crippen molar-refractivity contribution < 1.29 is 0 Å². The molecular formula is C16H35NSi. The van der Waals surface area contributed by atoms with E-state index in [9.17, 15) is 0 Å². The van der Waals surface area contributed by atoms with Gasteiger partial charge in [0.05, 0.1) is 8.07 Å². The minimum absolute atomic E-state index is 0.917. The van der Waals surface area contributed by atoms with Crippen molar-refractivity contribution >= 4 is 8.07 Å². The molecule has 108 valence electrons. The Balaban J connectivity index is 2.33. The molecule has 0 amide bonds. The molecule has 1 nitrogen and oxygen atoms in total. The molecule has 18 heavy (non-hydrogen) atoms. The van der Waals surface area contributed by atoms with Gasteiger partial charge in [0.1, 0.15) is 0 Å². The zero-order valence-corrected chi connectivity index (χ0v) is 14.1. The van der Waals surface area contributed by atoms with Crippen LogP contribution in [-0.2, 0) is 0 Å². The molecule has 1 aliphatic rings. The average Bonchev–Trinajstić information content (AvgIpc) is 2.42. The highest BCUT2D eigenvalue weighted by molar-refractivity contribution is 6.78. The summed E-state index contributed by atoms with van der Waals surface area (Å²) in [5.74, 6) is 0. The molecule has 0 spiro atoms. The molecule has 0 aromatic rings. The Morgan fingerprint density at radius 2 is 1.39 bits per heavy atom. The predicted molar refractivity (Wildman–Crippen MR) is 86.1 cm³/mol. The van der Waals surface area contributed by atoms with Crippen LogP contribution >= 0.6 is 0 Å². The van der Waals surface area contributed by atoms with Crippen molar-refractivity contribution in [2.24, 2.45) is 0 Å². The van der Waals surface area contributed by atoms with Gasteiger partial charge in [-0.3, -0.25) is 0 Å². The van der Waals surface area contributed by atoms with Crippen LogP contribution in [0.1, 0.15) is 58.8 Å². The van der Waals surface area contributed by atoms with Crippen LogP contribution in [0.2, 0.25) is 24.7 Å². The van der Waals surface area contributed by atoms with Gasteiger partial charge in [-0.05, 0) is 38.5 Å². The number of likely N-dealkylation sites (tertiary alicyclic amines) is 1. The molecule has 0 unspecified atom stereocenters. The van der Waals surface area contributed by atoms with E-state index in [-0.39, 0.29) is 0 Å². The number of hydrogen-bond donors (Lipinski definition) is 0. The van der Waals surface area contributed by atoms with E-state index in [0.717, 1.165) is 0 Å². The summed E-state index contributed by atoms with van der Waals surface area (Å²) in [6.07, 6.45) is 10.1. The van der Waals surface area contributed by atoms with Crippen molar-refractivity contribution in [3.05, 3.63) is 0 Å². The van der Waals surface area contributed by atoms with Crippen LogP contribution < -0.4 is 0 Å². The highest BCUT2D eigenvalue weighted by Gasteiger charge is 2.26. The lowest BCUT2D eigenvalue weighted by Gasteiger charge is -2.33. The molecule has 1 saturated heterocycles. The molecule has 0 aliphatic carbocycles. The van der Waals surface area contributed by atoms with Gasteiger partial charge in [-0.15, -0.1) is 0 Å². The summed E-state index contributed by atoms with van der Waals surface area (Å²) in [7, 11) is -0.917. The summed E-state index contributed by atoms with van der Waals surface area (Å²) in [6, 6.07) is 4.72. The van der Waals surface area contributed by atoms with Crippen molar-refractivity contribution in [1.29, 1.82) is 0 Å². The van der Waals surface area contributed by atoms with Gasteiger partial charge in [-0.1, -0.05) is 64.6 Å². The van der Waals surface area contributed by atoms with Crippen LogP contribution in [0.4, 0.5) is 0 Å². The maximum absolute atomic E-state index is 2.74. The number of rotatable bonds is 9. The van der Waals surface area contributed by atoms with Crippen LogP contribution in [0.15, 0.2) is 0 Å². The molecule has 1 aliphatic heterocycles. The van der Waals surface area contributed by atoms with Crippen LogP contribution in [0, 0.1) is 0 Å². The van der Waals surface area contributed by atoms with E-state index in [1.165, 1.54) is 64.6 Å². The highest BCUT2D eigenvalue weighted by Crippen LogP contribution is 2.26. The number of piperidine rings is 1. The first-order valence-corrected chi connectivity index (χ1v) is 11.5. The standard InChI is InChI=1S/C16H35NSi/c1-4-6-14-18(3,15-7-5-2)16-13-17-11-9-8-10-12-17/h4-16H2,1-3H3. The Kier molecular flexibility index (Phi) is 8.24. The highest BCUT2D eigenvalue weighted by atomic mass is 28.3. The van der Waals surface area contributed by atoms with Gasteiger partial charge in [-0.2, -0.15) is 0 Å². The van der Waals surface area contributed by atoms with Gasteiger partial charge in [0, 0.05) is 0 Å². The Morgan fingerprint density at radius 1 is 0.833 bits per heavy atom. The van der Waals surface area contributed by atoms with Crippen LogP contribution in [0.25, 0.3) is 0 Å². The zero-order valence-electron chi connectivity index (χ0n) is 13.1. The SMILES string of the molecule is CCCC[Si](C)(CCCC)CCN1CCCCC1. The molecule has 0 aromatic heterocycles. The maximum Gasteiger partial charge on any atom is 0.0517 e. The minimum atomic E-state index is -0.917. The first kappa shape index (κ1) is 16.2.